The molecule has 1 aliphatic heterocycles. The van der Waals surface area contributed by atoms with Gasteiger partial charge in [0.1, 0.15) is 5.69 Å². The van der Waals surface area contributed by atoms with E-state index in [4.69, 9.17) is 10.5 Å². The van der Waals surface area contributed by atoms with Gasteiger partial charge in [0.15, 0.2) is 0 Å². The maximum Gasteiger partial charge on any atom is 0.269 e. The van der Waals surface area contributed by atoms with Crippen LogP contribution in [0.3, 0.4) is 0 Å². The summed E-state index contributed by atoms with van der Waals surface area (Å²) >= 11 is 0. The van der Waals surface area contributed by atoms with E-state index in [0.29, 0.717) is 23.8 Å². The minimum atomic E-state index is -0.168. The van der Waals surface area contributed by atoms with Crippen molar-refractivity contribution in [3.8, 4) is 0 Å². The number of aromatic nitrogens is 1. The maximum absolute atomic E-state index is 12.2. The van der Waals surface area contributed by atoms with Crippen LogP contribution in [0, 0.1) is 5.92 Å². The summed E-state index contributed by atoms with van der Waals surface area (Å²) in [5.41, 5.74) is 7.70. The number of amides is 1. The van der Waals surface area contributed by atoms with Gasteiger partial charge in [0.05, 0.1) is 5.52 Å². The molecule has 2 aromatic rings. The van der Waals surface area contributed by atoms with Crippen molar-refractivity contribution in [1.29, 1.82) is 0 Å². The van der Waals surface area contributed by atoms with Gasteiger partial charge in [0.25, 0.3) is 5.91 Å². The number of carbonyl (C=O) groups excluding carboxylic acids is 1. The van der Waals surface area contributed by atoms with E-state index in [-0.39, 0.29) is 5.91 Å². The molecule has 1 aliphatic rings. The number of para-hydroxylation sites is 1. The molecule has 1 aromatic carbocycles. The largest absolute Gasteiger partial charge is 0.398 e. The maximum atomic E-state index is 12.2. The monoisotopic (exact) mass is 285 g/mol. The Hall–Kier alpha value is -2.14. The van der Waals surface area contributed by atoms with E-state index in [1.54, 1.807) is 6.07 Å². The highest BCUT2D eigenvalue weighted by Gasteiger charge is 2.16. The Bertz CT molecular complexity index is 651. The predicted octanol–water partition coefficient (Wildman–Crippen LogP) is 1.97. The number of rotatable bonds is 3. The molecule has 3 N–H and O–H groups in total. The molecule has 0 radical (unpaired) electrons. The van der Waals surface area contributed by atoms with E-state index in [0.717, 1.165) is 37.0 Å². The van der Waals surface area contributed by atoms with Gasteiger partial charge in [-0.25, -0.2) is 4.98 Å². The quantitative estimate of drug-likeness (QED) is 0.904. The number of carbonyl (C=O) groups is 1. The highest BCUT2D eigenvalue weighted by Crippen LogP contribution is 2.20. The fourth-order valence-corrected chi connectivity index (χ4v) is 2.60. The van der Waals surface area contributed by atoms with Crippen LogP contribution in [0.15, 0.2) is 30.3 Å². The molecule has 1 fully saturated rings. The Morgan fingerprint density at radius 1 is 1.33 bits per heavy atom. The first-order valence-corrected chi connectivity index (χ1v) is 7.25. The molecule has 0 unspecified atom stereocenters. The summed E-state index contributed by atoms with van der Waals surface area (Å²) in [6.45, 7) is 2.22. The number of nitrogens with two attached hydrogens (primary N) is 1. The standard InChI is InChI=1S/C16H19N3O2/c17-13-9-15(19-14-4-2-1-3-12(13)14)16(20)18-10-11-5-7-21-8-6-11/h1-4,9,11H,5-8,10H2,(H2,17,19)(H,18,20). The third kappa shape index (κ3) is 3.13. The van der Waals surface area contributed by atoms with Gasteiger partial charge < -0.3 is 15.8 Å². The smallest absolute Gasteiger partial charge is 0.269 e. The highest BCUT2D eigenvalue weighted by molar-refractivity contribution is 5.99. The summed E-state index contributed by atoms with van der Waals surface area (Å²) in [5, 5.41) is 3.82. The number of hydrogen-bond acceptors (Lipinski definition) is 4. The zero-order valence-electron chi connectivity index (χ0n) is 11.8. The lowest BCUT2D eigenvalue weighted by Gasteiger charge is -2.22. The molecule has 1 saturated heterocycles. The van der Waals surface area contributed by atoms with E-state index in [9.17, 15) is 4.79 Å². The predicted molar refractivity (Wildman–Crippen MR) is 82.0 cm³/mol. The summed E-state index contributed by atoms with van der Waals surface area (Å²) < 4.78 is 5.31. The Labute approximate surface area is 123 Å². The van der Waals surface area contributed by atoms with Crippen molar-refractivity contribution in [2.45, 2.75) is 12.8 Å². The number of nitrogens with one attached hydrogen (secondary N) is 1. The Morgan fingerprint density at radius 3 is 2.90 bits per heavy atom. The highest BCUT2D eigenvalue weighted by atomic mass is 16.5. The molecule has 5 heteroatoms. The molecule has 3 rings (SSSR count). The van der Waals surface area contributed by atoms with Crippen LogP contribution in [0.1, 0.15) is 23.3 Å². The molecule has 1 aromatic heterocycles. The Balaban J connectivity index is 1.72. The van der Waals surface area contributed by atoms with Crippen molar-refractivity contribution in [3.05, 3.63) is 36.0 Å². The van der Waals surface area contributed by atoms with Crippen molar-refractivity contribution < 1.29 is 9.53 Å². The van der Waals surface area contributed by atoms with E-state index in [1.165, 1.54) is 0 Å². The van der Waals surface area contributed by atoms with Crippen LogP contribution in [0.25, 0.3) is 10.9 Å². The van der Waals surface area contributed by atoms with Gasteiger partial charge in [0, 0.05) is 30.8 Å². The van der Waals surface area contributed by atoms with Gasteiger partial charge in [-0.05, 0) is 30.9 Å². The minimum absolute atomic E-state index is 0.168. The third-order valence-corrected chi connectivity index (χ3v) is 3.87. The second kappa shape index (κ2) is 6.10. The van der Waals surface area contributed by atoms with E-state index in [1.807, 2.05) is 24.3 Å². The fraction of sp³-hybridized carbons (Fsp3) is 0.375. The third-order valence-electron chi connectivity index (χ3n) is 3.87. The Kier molecular flexibility index (Phi) is 4.01. The number of nitrogen functional groups attached to an aromatic ring is 1. The molecular weight excluding hydrogens is 266 g/mol. The van der Waals surface area contributed by atoms with Gasteiger partial charge in [-0.1, -0.05) is 18.2 Å². The number of ether oxygens (including phenoxy) is 1. The normalized spacial score (nSPS) is 16.0. The van der Waals surface area contributed by atoms with E-state index >= 15 is 0 Å². The molecule has 21 heavy (non-hydrogen) atoms. The van der Waals surface area contributed by atoms with E-state index in [2.05, 4.69) is 10.3 Å². The Morgan fingerprint density at radius 2 is 2.10 bits per heavy atom. The van der Waals surface area contributed by atoms with Gasteiger partial charge >= 0.3 is 0 Å². The van der Waals surface area contributed by atoms with Crippen LogP contribution in [-0.4, -0.2) is 30.6 Å². The lowest BCUT2D eigenvalue weighted by Crippen LogP contribution is -2.32. The zero-order valence-corrected chi connectivity index (χ0v) is 11.8. The van der Waals surface area contributed by atoms with E-state index < -0.39 is 0 Å². The molecule has 5 nitrogen and oxygen atoms in total. The lowest BCUT2D eigenvalue weighted by molar-refractivity contribution is 0.0642. The zero-order chi connectivity index (χ0) is 14.7. The molecule has 0 spiro atoms. The summed E-state index contributed by atoms with van der Waals surface area (Å²) in [7, 11) is 0. The first-order valence-electron chi connectivity index (χ1n) is 7.25. The van der Waals surface area contributed by atoms with Gasteiger partial charge in [0.2, 0.25) is 0 Å². The minimum Gasteiger partial charge on any atom is -0.398 e. The van der Waals surface area contributed by atoms with Crippen molar-refractivity contribution in [3.63, 3.8) is 0 Å². The van der Waals surface area contributed by atoms with Crippen LogP contribution in [-0.2, 0) is 4.74 Å². The second-order valence-corrected chi connectivity index (χ2v) is 5.38. The molecule has 0 saturated carbocycles. The number of fused-ring (bicyclic) bond motifs is 1. The molecule has 2 heterocycles. The average molecular weight is 285 g/mol. The fourth-order valence-electron chi connectivity index (χ4n) is 2.60. The van der Waals surface area contributed by atoms with Crippen LogP contribution in [0.5, 0.6) is 0 Å². The molecule has 1 amide bonds. The molecular formula is C16H19N3O2. The molecule has 0 atom stereocenters. The van der Waals surface area contributed by atoms with Gasteiger partial charge in [-0.2, -0.15) is 0 Å². The average Bonchev–Trinajstić information content (AvgIpc) is 2.53. The molecule has 0 aliphatic carbocycles. The number of benzene rings is 1. The number of anilines is 1. The number of nitrogens with zero attached hydrogens (tertiary/aromatic N) is 1. The summed E-state index contributed by atoms with van der Waals surface area (Å²) in [6.07, 6.45) is 1.99. The molecule has 0 bridgehead atoms. The van der Waals surface area contributed by atoms with Crippen LogP contribution < -0.4 is 11.1 Å². The first kappa shape index (κ1) is 13.8. The van der Waals surface area contributed by atoms with Crippen molar-refractivity contribution in [2.24, 2.45) is 5.92 Å². The van der Waals surface area contributed by atoms with Gasteiger partial charge in [-0.15, -0.1) is 0 Å². The number of pyridine rings is 1. The van der Waals surface area contributed by atoms with Crippen molar-refractivity contribution in [2.75, 3.05) is 25.5 Å². The summed E-state index contributed by atoms with van der Waals surface area (Å²) in [6, 6.07) is 9.20. The molecule has 110 valence electrons. The van der Waals surface area contributed by atoms with Crippen molar-refractivity contribution >= 4 is 22.5 Å². The lowest BCUT2D eigenvalue weighted by atomic mass is 10.0. The van der Waals surface area contributed by atoms with Crippen LogP contribution in [0.4, 0.5) is 5.69 Å². The topological polar surface area (TPSA) is 77.2 Å². The van der Waals surface area contributed by atoms with Gasteiger partial charge in [-0.3, -0.25) is 4.79 Å². The summed E-state index contributed by atoms with van der Waals surface area (Å²) in [5.74, 6) is 0.319. The SMILES string of the molecule is Nc1cc(C(=O)NCC2CCOCC2)nc2ccccc12. The van der Waals surface area contributed by atoms with Crippen LogP contribution >= 0.6 is 0 Å². The summed E-state index contributed by atoms with van der Waals surface area (Å²) in [4.78, 5) is 16.6. The second-order valence-electron chi connectivity index (χ2n) is 5.38. The van der Waals surface area contributed by atoms with Crippen LogP contribution in [0.2, 0.25) is 0 Å². The number of hydrogen-bond donors (Lipinski definition) is 2. The van der Waals surface area contributed by atoms with Crippen molar-refractivity contribution in [1.82, 2.24) is 10.3 Å². The first-order chi connectivity index (χ1) is 10.2.